The van der Waals surface area contributed by atoms with E-state index in [1.165, 1.54) is 5.56 Å². The highest BCUT2D eigenvalue weighted by molar-refractivity contribution is 5.80. The van der Waals surface area contributed by atoms with E-state index in [-0.39, 0.29) is 11.6 Å². The Hall–Kier alpha value is -1.59. The fourth-order valence-corrected chi connectivity index (χ4v) is 2.89. The number of rotatable bonds is 6. The van der Waals surface area contributed by atoms with E-state index in [4.69, 9.17) is 9.73 Å². The third kappa shape index (κ3) is 5.49. The summed E-state index contributed by atoms with van der Waals surface area (Å²) in [7, 11) is 0. The molecule has 0 spiro atoms. The number of nitrogens with one attached hydrogen (secondary N) is 2. The second kappa shape index (κ2) is 9.04. The minimum absolute atomic E-state index is 0.0299. The van der Waals surface area contributed by atoms with Gasteiger partial charge in [-0.1, -0.05) is 30.3 Å². The standard InChI is InChI=1S/C19H32N4O/c1-5-20-18(22-16(2)17-9-7-6-8-10-17)21-15-19(3,4)23-11-13-24-14-12-23/h6-10,16H,5,11-15H2,1-4H3,(H2,20,21,22). The van der Waals surface area contributed by atoms with Gasteiger partial charge in [-0.15, -0.1) is 0 Å². The molecule has 0 amide bonds. The van der Waals surface area contributed by atoms with Crippen LogP contribution in [0, 0.1) is 0 Å². The zero-order valence-corrected chi connectivity index (χ0v) is 15.5. The highest BCUT2D eigenvalue weighted by atomic mass is 16.5. The van der Waals surface area contributed by atoms with Crippen molar-refractivity contribution in [3.8, 4) is 0 Å². The summed E-state index contributed by atoms with van der Waals surface area (Å²) >= 11 is 0. The molecular weight excluding hydrogens is 300 g/mol. The van der Waals surface area contributed by atoms with Crippen LogP contribution in [0.3, 0.4) is 0 Å². The first-order chi connectivity index (χ1) is 11.5. The topological polar surface area (TPSA) is 48.9 Å². The number of hydrogen-bond acceptors (Lipinski definition) is 3. The van der Waals surface area contributed by atoms with Crippen LogP contribution in [-0.2, 0) is 4.74 Å². The summed E-state index contributed by atoms with van der Waals surface area (Å²) in [5.74, 6) is 0.871. The molecule has 1 unspecified atom stereocenters. The van der Waals surface area contributed by atoms with Crippen LogP contribution in [0.1, 0.15) is 39.3 Å². The predicted octanol–water partition coefficient (Wildman–Crippen LogP) is 2.41. The fraction of sp³-hybridized carbons (Fsp3) is 0.632. The van der Waals surface area contributed by atoms with Crippen LogP contribution in [0.25, 0.3) is 0 Å². The maximum Gasteiger partial charge on any atom is 0.191 e. The van der Waals surface area contributed by atoms with E-state index in [0.717, 1.165) is 45.4 Å². The molecule has 1 fully saturated rings. The quantitative estimate of drug-likeness (QED) is 0.620. The Bertz CT molecular complexity index is 509. The first kappa shape index (κ1) is 18.7. The molecule has 1 aliphatic rings. The summed E-state index contributed by atoms with van der Waals surface area (Å²) in [4.78, 5) is 7.30. The van der Waals surface area contributed by atoms with Crippen LogP contribution in [0.5, 0.6) is 0 Å². The van der Waals surface area contributed by atoms with Gasteiger partial charge < -0.3 is 15.4 Å². The molecule has 2 rings (SSSR count). The van der Waals surface area contributed by atoms with E-state index in [0.29, 0.717) is 0 Å². The molecule has 1 aliphatic heterocycles. The zero-order chi connectivity index (χ0) is 17.4. The normalized spacial score (nSPS) is 18.2. The Morgan fingerprint density at radius 1 is 1.25 bits per heavy atom. The molecule has 1 saturated heterocycles. The van der Waals surface area contributed by atoms with E-state index >= 15 is 0 Å². The number of benzene rings is 1. The summed E-state index contributed by atoms with van der Waals surface area (Å²) in [6.45, 7) is 14.0. The van der Waals surface area contributed by atoms with Crippen LogP contribution in [0.2, 0.25) is 0 Å². The van der Waals surface area contributed by atoms with Crippen molar-refractivity contribution in [2.45, 2.75) is 39.3 Å². The molecule has 0 saturated carbocycles. The predicted molar refractivity (Wildman–Crippen MR) is 100 cm³/mol. The van der Waals surface area contributed by atoms with Gasteiger partial charge >= 0.3 is 0 Å². The summed E-state index contributed by atoms with van der Waals surface area (Å²) in [6.07, 6.45) is 0. The van der Waals surface area contributed by atoms with Crippen molar-refractivity contribution >= 4 is 5.96 Å². The lowest BCUT2D eigenvalue weighted by Gasteiger charge is -2.40. The molecule has 134 valence electrons. The molecule has 1 aromatic rings. The fourth-order valence-electron chi connectivity index (χ4n) is 2.89. The van der Waals surface area contributed by atoms with Crippen molar-refractivity contribution in [3.05, 3.63) is 35.9 Å². The van der Waals surface area contributed by atoms with Crippen molar-refractivity contribution in [1.82, 2.24) is 15.5 Å². The lowest BCUT2D eigenvalue weighted by atomic mass is 10.0. The Balaban J connectivity index is 1.99. The van der Waals surface area contributed by atoms with Gasteiger partial charge in [-0.3, -0.25) is 9.89 Å². The highest BCUT2D eigenvalue weighted by Gasteiger charge is 2.28. The molecule has 0 radical (unpaired) electrons. The molecule has 24 heavy (non-hydrogen) atoms. The zero-order valence-electron chi connectivity index (χ0n) is 15.5. The van der Waals surface area contributed by atoms with Gasteiger partial charge in [0.05, 0.1) is 25.8 Å². The van der Waals surface area contributed by atoms with Crippen molar-refractivity contribution in [2.24, 2.45) is 4.99 Å². The van der Waals surface area contributed by atoms with Gasteiger partial charge in [0, 0.05) is 25.2 Å². The van der Waals surface area contributed by atoms with Crippen molar-refractivity contribution < 1.29 is 4.74 Å². The van der Waals surface area contributed by atoms with E-state index in [1.807, 2.05) is 6.07 Å². The van der Waals surface area contributed by atoms with Gasteiger partial charge in [0.25, 0.3) is 0 Å². The number of aliphatic imine (C=N–C) groups is 1. The summed E-state index contributed by atoms with van der Waals surface area (Å²) in [5, 5.41) is 6.86. The first-order valence-electron chi connectivity index (χ1n) is 8.95. The molecule has 0 bridgehead atoms. The first-order valence-corrected chi connectivity index (χ1v) is 8.95. The minimum atomic E-state index is 0.0299. The second-order valence-electron chi connectivity index (χ2n) is 6.88. The summed E-state index contributed by atoms with van der Waals surface area (Å²) in [6, 6.07) is 10.7. The molecule has 1 atom stereocenters. The van der Waals surface area contributed by atoms with E-state index in [9.17, 15) is 0 Å². The molecule has 2 N–H and O–H groups in total. The molecule has 5 heteroatoms. The van der Waals surface area contributed by atoms with Gasteiger partial charge in [0.1, 0.15) is 0 Å². The number of hydrogen-bond donors (Lipinski definition) is 2. The van der Waals surface area contributed by atoms with Crippen LogP contribution in [0.15, 0.2) is 35.3 Å². The minimum Gasteiger partial charge on any atom is -0.379 e. The van der Waals surface area contributed by atoms with Crippen LogP contribution in [0.4, 0.5) is 0 Å². The van der Waals surface area contributed by atoms with Gasteiger partial charge in [0.15, 0.2) is 5.96 Å². The Morgan fingerprint density at radius 2 is 1.92 bits per heavy atom. The Kier molecular flexibility index (Phi) is 7.06. The lowest BCUT2D eigenvalue weighted by Crippen LogP contribution is -2.52. The number of guanidine groups is 1. The smallest absolute Gasteiger partial charge is 0.191 e. The highest BCUT2D eigenvalue weighted by Crippen LogP contribution is 2.17. The van der Waals surface area contributed by atoms with Gasteiger partial charge in [-0.25, -0.2) is 0 Å². The van der Waals surface area contributed by atoms with E-state index < -0.39 is 0 Å². The van der Waals surface area contributed by atoms with Crippen molar-refractivity contribution in [3.63, 3.8) is 0 Å². The largest absolute Gasteiger partial charge is 0.379 e. The monoisotopic (exact) mass is 332 g/mol. The average molecular weight is 332 g/mol. The van der Waals surface area contributed by atoms with E-state index in [1.54, 1.807) is 0 Å². The average Bonchev–Trinajstić information content (AvgIpc) is 2.61. The van der Waals surface area contributed by atoms with Crippen molar-refractivity contribution in [2.75, 3.05) is 39.4 Å². The van der Waals surface area contributed by atoms with Crippen LogP contribution < -0.4 is 10.6 Å². The van der Waals surface area contributed by atoms with Crippen LogP contribution >= 0.6 is 0 Å². The Morgan fingerprint density at radius 3 is 2.54 bits per heavy atom. The maximum atomic E-state index is 5.46. The van der Waals surface area contributed by atoms with Gasteiger partial charge in [0.2, 0.25) is 0 Å². The molecule has 1 aromatic carbocycles. The van der Waals surface area contributed by atoms with Gasteiger partial charge in [-0.05, 0) is 33.3 Å². The molecule has 1 heterocycles. The third-order valence-corrected chi connectivity index (χ3v) is 4.49. The Labute approximate surface area is 146 Å². The molecule has 0 aliphatic carbocycles. The second-order valence-corrected chi connectivity index (χ2v) is 6.88. The third-order valence-electron chi connectivity index (χ3n) is 4.49. The summed E-state index contributed by atoms with van der Waals surface area (Å²) in [5.41, 5.74) is 1.29. The van der Waals surface area contributed by atoms with E-state index in [2.05, 4.69) is 67.5 Å². The molecule has 5 nitrogen and oxygen atoms in total. The number of nitrogens with zero attached hydrogens (tertiary/aromatic N) is 2. The van der Waals surface area contributed by atoms with Gasteiger partial charge in [-0.2, -0.15) is 0 Å². The lowest BCUT2D eigenvalue weighted by molar-refractivity contribution is -0.00684. The molecular formula is C19H32N4O. The summed E-state index contributed by atoms with van der Waals surface area (Å²) < 4.78 is 5.46. The molecule has 0 aromatic heterocycles. The van der Waals surface area contributed by atoms with Crippen molar-refractivity contribution in [1.29, 1.82) is 0 Å². The van der Waals surface area contributed by atoms with Crippen LogP contribution in [-0.4, -0.2) is 55.8 Å². The number of ether oxygens (including phenoxy) is 1. The maximum absolute atomic E-state index is 5.46. The SMILES string of the molecule is CCNC(=NCC(C)(C)N1CCOCC1)NC(C)c1ccccc1. The number of morpholine rings is 1.